The van der Waals surface area contributed by atoms with Crippen LogP contribution in [0.5, 0.6) is 17.2 Å². The molecule has 0 saturated carbocycles. The average Bonchev–Trinajstić information content (AvgIpc) is 2.77. The van der Waals surface area contributed by atoms with E-state index in [2.05, 4.69) is 19.9 Å². The molecule has 0 aliphatic heterocycles. The molecule has 0 fully saturated rings. The number of benzene rings is 2. The van der Waals surface area contributed by atoms with Crippen molar-refractivity contribution in [2.75, 3.05) is 27.1 Å². The molecule has 2 aromatic carbocycles. The van der Waals surface area contributed by atoms with Crippen molar-refractivity contribution in [3.05, 3.63) is 52.8 Å². The Morgan fingerprint density at radius 1 is 0.867 bits per heavy atom. The number of rotatable bonds is 5. The van der Waals surface area contributed by atoms with E-state index in [1.54, 1.807) is 43.5 Å². The fourth-order valence-corrected chi connectivity index (χ4v) is 3.18. The van der Waals surface area contributed by atoms with Gasteiger partial charge in [-0.3, -0.25) is 4.79 Å². The minimum absolute atomic E-state index is 0.0123. The standard InChI is InChI=1S/C21H19N5O4/c1-28-11-8-16(29-2)18(17(9-11)30-3)14-10-15(25-21(22)24-14)19-23-13-7-5-4-6-12(13)20(27)26-19/h4-10H,1-3H3,(H2,22,24,25)(H,23,26,27). The summed E-state index contributed by atoms with van der Waals surface area (Å²) in [6.45, 7) is 0. The number of hydrogen-bond donors (Lipinski definition) is 2. The normalized spacial score (nSPS) is 10.8. The molecule has 0 saturated heterocycles. The second-order valence-electron chi connectivity index (χ2n) is 6.34. The molecular formula is C21H19N5O4. The van der Waals surface area contributed by atoms with Crippen molar-refractivity contribution in [1.29, 1.82) is 0 Å². The number of methoxy groups -OCH3 is 3. The molecule has 0 aliphatic carbocycles. The van der Waals surface area contributed by atoms with Gasteiger partial charge in [0.05, 0.1) is 43.5 Å². The van der Waals surface area contributed by atoms with Crippen LogP contribution in [0.25, 0.3) is 33.7 Å². The number of H-pyrrole nitrogens is 1. The predicted molar refractivity (Wildman–Crippen MR) is 113 cm³/mol. The largest absolute Gasteiger partial charge is 0.496 e. The maximum Gasteiger partial charge on any atom is 0.259 e. The summed E-state index contributed by atoms with van der Waals surface area (Å²) < 4.78 is 16.3. The molecule has 152 valence electrons. The number of para-hydroxylation sites is 1. The van der Waals surface area contributed by atoms with Gasteiger partial charge < -0.3 is 24.9 Å². The lowest BCUT2D eigenvalue weighted by atomic mass is 10.1. The van der Waals surface area contributed by atoms with Crippen molar-refractivity contribution in [3.8, 4) is 40.0 Å². The van der Waals surface area contributed by atoms with E-state index >= 15 is 0 Å². The molecule has 0 bridgehead atoms. The maximum atomic E-state index is 12.5. The van der Waals surface area contributed by atoms with Gasteiger partial charge >= 0.3 is 0 Å². The van der Waals surface area contributed by atoms with Crippen LogP contribution in [0.15, 0.2) is 47.3 Å². The first-order valence-corrected chi connectivity index (χ1v) is 8.98. The monoisotopic (exact) mass is 405 g/mol. The zero-order valence-electron chi connectivity index (χ0n) is 16.6. The van der Waals surface area contributed by atoms with Gasteiger partial charge in [0.1, 0.15) is 22.9 Å². The van der Waals surface area contributed by atoms with Crippen LogP contribution in [-0.4, -0.2) is 41.3 Å². The van der Waals surface area contributed by atoms with E-state index in [4.69, 9.17) is 19.9 Å². The first kappa shape index (κ1) is 19.2. The second-order valence-corrected chi connectivity index (χ2v) is 6.34. The van der Waals surface area contributed by atoms with E-state index in [-0.39, 0.29) is 17.3 Å². The van der Waals surface area contributed by atoms with E-state index in [1.807, 2.05) is 6.07 Å². The van der Waals surface area contributed by atoms with Crippen LogP contribution in [-0.2, 0) is 0 Å². The molecule has 0 radical (unpaired) electrons. The van der Waals surface area contributed by atoms with Crippen molar-refractivity contribution >= 4 is 16.9 Å². The molecule has 4 rings (SSSR count). The summed E-state index contributed by atoms with van der Waals surface area (Å²) >= 11 is 0. The highest BCUT2D eigenvalue weighted by atomic mass is 16.5. The van der Waals surface area contributed by atoms with Gasteiger partial charge in [-0.1, -0.05) is 12.1 Å². The molecule has 30 heavy (non-hydrogen) atoms. The van der Waals surface area contributed by atoms with E-state index in [0.29, 0.717) is 45.1 Å². The molecule has 2 heterocycles. The topological polar surface area (TPSA) is 125 Å². The van der Waals surface area contributed by atoms with E-state index in [1.165, 1.54) is 14.2 Å². The van der Waals surface area contributed by atoms with Gasteiger partial charge in [-0.15, -0.1) is 0 Å². The number of aromatic amines is 1. The van der Waals surface area contributed by atoms with Gasteiger partial charge in [-0.25, -0.2) is 15.0 Å². The molecule has 0 atom stereocenters. The number of aromatic nitrogens is 4. The number of ether oxygens (including phenoxy) is 3. The lowest BCUT2D eigenvalue weighted by Crippen LogP contribution is -2.10. The Morgan fingerprint density at radius 2 is 1.53 bits per heavy atom. The van der Waals surface area contributed by atoms with Crippen molar-refractivity contribution in [2.24, 2.45) is 0 Å². The molecule has 4 aromatic rings. The van der Waals surface area contributed by atoms with Gasteiger partial charge in [0.25, 0.3) is 5.56 Å². The zero-order valence-corrected chi connectivity index (χ0v) is 16.6. The Bertz CT molecular complexity index is 1280. The number of nitrogens with zero attached hydrogens (tertiary/aromatic N) is 3. The Hall–Kier alpha value is -4.14. The predicted octanol–water partition coefficient (Wildman–Crippen LogP) is 2.66. The lowest BCUT2D eigenvalue weighted by Gasteiger charge is -2.15. The number of nitrogen functional groups attached to an aromatic ring is 1. The van der Waals surface area contributed by atoms with Crippen LogP contribution in [0.1, 0.15) is 0 Å². The highest BCUT2D eigenvalue weighted by Crippen LogP contribution is 2.41. The zero-order chi connectivity index (χ0) is 21.3. The van der Waals surface area contributed by atoms with E-state index in [0.717, 1.165) is 0 Å². The SMILES string of the molecule is COc1cc(OC)c(-c2cc(-c3nc4ccccc4c(=O)[nH]3)nc(N)n2)c(OC)c1. The summed E-state index contributed by atoms with van der Waals surface area (Å²) in [5.41, 5.74) is 7.64. The van der Waals surface area contributed by atoms with E-state index in [9.17, 15) is 4.79 Å². The van der Waals surface area contributed by atoms with Crippen LogP contribution in [0, 0.1) is 0 Å². The smallest absolute Gasteiger partial charge is 0.259 e. The quantitative estimate of drug-likeness (QED) is 0.519. The second kappa shape index (κ2) is 7.70. The van der Waals surface area contributed by atoms with Gasteiger partial charge in [0.15, 0.2) is 5.82 Å². The van der Waals surface area contributed by atoms with Crippen LogP contribution in [0.4, 0.5) is 5.95 Å². The van der Waals surface area contributed by atoms with Crippen molar-refractivity contribution in [2.45, 2.75) is 0 Å². The third-order valence-corrected chi connectivity index (χ3v) is 4.57. The Morgan fingerprint density at radius 3 is 2.20 bits per heavy atom. The number of anilines is 1. The molecule has 0 spiro atoms. The number of fused-ring (bicyclic) bond motifs is 1. The van der Waals surface area contributed by atoms with Gasteiger partial charge in [-0.05, 0) is 18.2 Å². The van der Waals surface area contributed by atoms with Gasteiger partial charge in [-0.2, -0.15) is 0 Å². The van der Waals surface area contributed by atoms with Gasteiger partial charge in [0, 0.05) is 12.1 Å². The molecule has 0 unspecified atom stereocenters. The van der Waals surface area contributed by atoms with Crippen LogP contribution < -0.4 is 25.5 Å². The Balaban J connectivity index is 1.93. The number of hydrogen-bond acceptors (Lipinski definition) is 8. The first-order chi connectivity index (χ1) is 14.5. The highest BCUT2D eigenvalue weighted by Gasteiger charge is 2.19. The highest BCUT2D eigenvalue weighted by molar-refractivity contribution is 5.81. The lowest BCUT2D eigenvalue weighted by molar-refractivity contribution is 0.377. The molecular weight excluding hydrogens is 386 g/mol. The average molecular weight is 405 g/mol. The van der Waals surface area contributed by atoms with Crippen molar-refractivity contribution < 1.29 is 14.2 Å². The van der Waals surface area contributed by atoms with Crippen LogP contribution in [0.3, 0.4) is 0 Å². The summed E-state index contributed by atoms with van der Waals surface area (Å²) in [4.78, 5) is 28.3. The van der Waals surface area contributed by atoms with Crippen LogP contribution in [0.2, 0.25) is 0 Å². The summed E-state index contributed by atoms with van der Waals surface area (Å²) in [5.74, 6) is 1.82. The first-order valence-electron chi connectivity index (χ1n) is 8.98. The third kappa shape index (κ3) is 3.37. The molecule has 2 aromatic heterocycles. The van der Waals surface area contributed by atoms with Gasteiger partial charge in [0.2, 0.25) is 5.95 Å². The molecule has 0 amide bonds. The number of nitrogens with one attached hydrogen (secondary N) is 1. The van der Waals surface area contributed by atoms with Crippen LogP contribution >= 0.6 is 0 Å². The molecule has 9 heteroatoms. The Kier molecular flexibility index (Phi) is 4.93. The van der Waals surface area contributed by atoms with Crippen molar-refractivity contribution in [3.63, 3.8) is 0 Å². The number of nitrogens with two attached hydrogens (primary N) is 1. The summed E-state index contributed by atoms with van der Waals surface area (Å²) in [6.07, 6.45) is 0. The fraction of sp³-hybridized carbons (Fsp3) is 0.143. The van der Waals surface area contributed by atoms with Crippen molar-refractivity contribution in [1.82, 2.24) is 19.9 Å². The minimum Gasteiger partial charge on any atom is -0.496 e. The minimum atomic E-state index is -0.269. The molecule has 9 nitrogen and oxygen atoms in total. The summed E-state index contributed by atoms with van der Waals surface area (Å²) in [7, 11) is 4.62. The summed E-state index contributed by atoms with van der Waals surface area (Å²) in [5, 5.41) is 0.488. The Labute approximate surface area is 171 Å². The third-order valence-electron chi connectivity index (χ3n) is 4.57. The maximum absolute atomic E-state index is 12.5. The molecule has 0 aliphatic rings. The summed E-state index contributed by atoms with van der Waals surface area (Å²) in [6, 6.07) is 12.1. The van der Waals surface area contributed by atoms with E-state index < -0.39 is 0 Å². The molecule has 3 N–H and O–H groups in total. The fourth-order valence-electron chi connectivity index (χ4n) is 3.18.